The molecular weight excluding hydrogens is 148 g/mol. The van der Waals surface area contributed by atoms with Crippen LogP contribution in [0.2, 0.25) is 0 Å². The van der Waals surface area contributed by atoms with E-state index in [0.29, 0.717) is 5.76 Å². The third-order valence-electron chi connectivity index (χ3n) is 1.24. The maximum absolute atomic E-state index is 10.1. The van der Waals surface area contributed by atoms with E-state index in [1.165, 1.54) is 12.1 Å². The van der Waals surface area contributed by atoms with Crippen LogP contribution in [0.5, 0.6) is 0 Å². The van der Waals surface area contributed by atoms with Gasteiger partial charge in [0.1, 0.15) is 10.7 Å². The van der Waals surface area contributed by atoms with E-state index in [-0.39, 0.29) is 11.9 Å². The quantitative estimate of drug-likeness (QED) is 0.515. The zero-order valence-corrected chi connectivity index (χ0v) is 5.98. The number of nitrogens with zero attached hydrogens (tertiary/aromatic N) is 1. The lowest BCUT2D eigenvalue weighted by atomic mass is 10.3. The highest BCUT2D eigenvalue weighted by Gasteiger charge is 2.13. The van der Waals surface area contributed by atoms with Gasteiger partial charge in [0.2, 0.25) is 0 Å². The van der Waals surface area contributed by atoms with E-state index in [1.807, 2.05) is 0 Å². The van der Waals surface area contributed by atoms with Crippen molar-refractivity contribution < 1.29 is 9.34 Å². The lowest BCUT2D eigenvalue weighted by Gasteiger charge is -1.95. The monoisotopic (exact) mass is 156 g/mol. The molecule has 1 unspecified atom stereocenters. The minimum Gasteiger partial charge on any atom is -0.404 e. The molecule has 5 nitrogen and oxygen atoms in total. The molecule has 0 aliphatic carbocycles. The van der Waals surface area contributed by atoms with Crippen molar-refractivity contribution in [3.63, 3.8) is 0 Å². The van der Waals surface area contributed by atoms with Crippen molar-refractivity contribution in [2.45, 2.75) is 13.0 Å². The summed E-state index contributed by atoms with van der Waals surface area (Å²) in [6.45, 7) is 1.70. The van der Waals surface area contributed by atoms with Crippen molar-refractivity contribution in [1.29, 1.82) is 0 Å². The van der Waals surface area contributed by atoms with Crippen LogP contribution in [0.25, 0.3) is 0 Å². The molecule has 1 aromatic heterocycles. The van der Waals surface area contributed by atoms with E-state index in [1.54, 1.807) is 6.92 Å². The van der Waals surface area contributed by atoms with Gasteiger partial charge in [0, 0.05) is 0 Å². The first-order valence-electron chi connectivity index (χ1n) is 3.11. The zero-order chi connectivity index (χ0) is 8.43. The predicted molar refractivity (Wildman–Crippen MR) is 38.0 cm³/mol. The summed E-state index contributed by atoms with van der Waals surface area (Å²) < 4.78 is 4.78. The second kappa shape index (κ2) is 2.71. The number of hydrogen-bond acceptors (Lipinski definition) is 4. The molecule has 0 aliphatic heterocycles. The number of rotatable bonds is 2. The van der Waals surface area contributed by atoms with E-state index < -0.39 is 4.92 Å². The van der Waals surface area contributed by atoms with Gasteiger partial charge in [-0.15, -0.1) is 0 Å². The summed E-state index contributed by atoms with van der Waals surface area (Å²) >= 11 is 0. The van der Waals surface area contributed by atoms with Gasteiger partial charge in [-0.3, -0.25) is 10.1 Å². The Kier molecular flexibility index (Phi) is 1.91. The molecule has 2 N–H and O–H groups in total. The van der Waals surface area contributed by atoms with Crippen LogP contribution in [0.4, 0.5) is 5.88 Å². The van der Waals surface area contributed by atoms with Crippen molar-refractivity contribution in [3.8, 4) is 0 Å². The Labute approximate surface area is 62.9 Å². The van der Waals surface area contributed by atoms with Crippen LogP contribution in [0.15, 0.2) is 16.5 Å². The molecule has 11 heavy (non-hydrogen) atoms. The van der Waals surface area contributed by atoms with Gasteiger partial charge in [0.25, 0.3) is 0 Å². The largest absolute Gasteiger partial charge is 0.433 e. The highest BCUT2D eigenvalue weighted by molar-refractivity contribution is 5.19. The van der Waals surface area contributed by atoms with Gasteiger partial charge in [-0.25, -0.2) is 0 Å². The van der Waals surface area contributed by atoms with E-state index >= 15 is 0 Å². The van der Waals surface area contributed by atoms with E-state index in [9.17, 15) is 10.1 Å². The predicted octanol–water partition coefficient (Wildman–Crippen LogP) is 1.21. The van der Waals surface area contributed by atoms with Crippen LogP contribution in [-0.4, -0.2) is 4.92 Å². The lowest BCUT2D eigenvalue weighted by Crippen LogP contribution is -2.02. The summed E-state index contributed by atoms with van der Waals surface area (Å²) in [6.07, 6.45) is 0. The van der Waals surface area contributed by atoms with Crippen molar-refractivity contribution >= 4 is 5.88 Å². The van der Waals surface area contributed by atoms with Gasteiger partial charge < -0.3 is 10.2 Å². The first-order valence-corrected chi connectivity index (χ1v) is 3.11. The molecule has 0 aromatic carbocycles. The Morgan fingerprint density at radius 2 is 2.36 bits per heavy atom. The maximum Gasteiger partial charge on any atom is 0.433 e. The number of nitro groups is 1. The Morgan fingerprint density at radius 3 is 2.64 bits per heavy atom. The molecule has 0 aliphatic rings. The fourth-order valence-corrected chi connectivity index (χ4v) is 0.685. The van der Waals surface area contributed by atoms with E-state index in [4.69, 9.17) is 10.2 Å². The van der Waals surface area contributed by atoms with Crippen molar-refractivity contribution in [3.05, 3.63) is 28.0 Å². The summed E-state index contributed by atoms with van der Waals surface area (Å²) in [6, 6.07) is 2.49. The summed E-state index contributed by atoms with van der Waals surface area (Å²) in [5.74, 6) is 0.161. The average molecular weight is 156 g/mol. The standard InChI is InChI=1S/C6H8N2O3/c1-4(7)5-2-3-6(11-5)8(9)10/h2-4H,7H2,1H3. The molecule has 0 radical (unpaired) electrons. The van der Waals surface area contributed by atoms with Crippen LogP contribution in [0.3, 0.4) is 0 Å². The molecule has 1 rings (SSSR count). The number of furan rings is 1. The molecule has 5 heteroatoms. The van der Waals surface area contributed by atoms with Crippen molar-refractivity contribution in [2.75, 3.05) is 0 Å². The number of nitrogens with two attached hydrogens (primary N) is 1. The van der Waals surface area contributed by atoms with Gasteiger partial charge in [0.05, 0.1) is 12.1 Å². The minimum absolute atomic E-state index is 0.266. The first kappa shape index (κ1) is 7.74. The molecule has 0 spiro atoms. The van der Waals surface area contributed by atoms with Gasteiger partial charge in [-0.1, -0.05) is 0 Å². The average Bonchev–Trinajstić information content (AvgIpc) is 2.33. The van der Waals surface area contributed by atoms with Gasteiger partial charge in [-0.2, -0.15) is 0 Å². The van der Waals surface area contributed by atoms with Gasteiger partial charge >= 0.3 is 5.88 Å². The lowest BCUT2D eigenvalue weighted by molar-refractivity contribution is -0.402. The van der Waals surface area contributed by atoms with Gasteiger partial charge in [0.15, 0.2) is 0 Å². The highest BCUT2D eigenvalue weighted by Crippen LogP contribution is 2.19. The molecule has 0 saturated heterocycles. The maximum atomic E-state index is 10.1. The van der Waals surface area contributed by atoms with Crippen LogP contribution in [0, 0.1) is 10.1 Å². The second-order valence-corrected chi connectivity index (χ2v) is 2.22. The Morgan fingerprint density at radius 1 is 1.73 bits per heavy atom. The molecular formula is C6H8N2O3. The normalized spacial score (nSPS) is 12.9. The third-order valence-corrected chi connectivity index (χ3v) is 1.24. The van der Waals surface area contributed by atoms with Crippen molar-refractivity contribution in [2.24, 2.45) is 5.73 Å². The molecule has 1 aromatic rings. The molecule has 0 saturated carbocycles. The summed E-state index contributed by atoms with van der Waals surface area (Å²) in [4.78, 5) is 9.52. The zero-order valence-electron chi connectivity index (χ0n) is 5.98. The third kappa shape index (κ3) is 1.56. The molecule has 0 amide bonds. The molecule has 60 valence electrons. The highest BCUT2D eigenvalue weighted by atomic mass is 16.6. The second-order valence-electron chi connectivity index (χ2n) is 2.22. The molecule has 0 fully saturated rings. The SMILES string of the molecule is CC(N)c1ccc([N+](=O)[O-])o1. The summed E-state index contributed by atoms with van der Waals surface area (Å²) in [5, 5.41) is 10.1. The van der Waals surface area contributed by atoms with Crippen LogP contribution in [-0.2, 0) is 0 Å². The van der Waals surface area contributed by atoms with Crippen LogP contribution >= 0.6 is 0 Å². The Hall–Kier alpha value is -1.36. The minimum atomic E-state index is -0.591. The first-order chi connectivity index (χ1) is 5.11. The van der Waals surface area contributed by atoms with Gasteiger partial charge in [-0.05, 0) is 13.0 Å². The molecule has 1 atom stereocenters. The smallest absolute Gasteiger partial charge is 0.404 e. The number of hydrogen-bond donors (Lipinski definition) is 1. The van der Waals surface area contributed by atoms with Crippen molar-refractivity contribution in [1.82, 2.24) is 0 Å². The Bertz CT molecular complexity index is 267. The van der Waals surface area contributed by atoms with E-state index in [0.717, 1.165) is 0 Å². The molecule has 1 heterocycles. The van der Waals surface area contributed by atoms with E-state index in [2.05, 4.69) is 0 Å². The van der Waals surface area contributed by atoms with Crippen LogP contribution < -0.4 is 5.73 Å². The summed E-state index contributed by atoms with van der Waals surface area (Å²) in [5.41, 5.74) is 5.41. The summed E-state index contributed by atoms with van der Waals surface area (Å²) in [7, 11) is 0. The fourth-order valence-electron chi connectivity index (χ4n) is 0.685. The molecule has 0 bridgehead atoms. The van der Waals surface area contributed by atoms with Crippen LogP contribution in [0.1, 0.15) is 18.7 Å². The fraction of sp³-hybridized carbons (Fsp3) is 0.333. The Balaban J connectivity index is 2.90. The topological polar surface area (TPSA) is 82.3 Å².